The highest BCUT2D eigenvalue weighted by molar-refractivity contribution is 6.30. The molecule has 0 bridgehead atoms. The molecule has 3 N–H and O–H groups in total. The summed E-state index contributed by atoms with van der Waals surface area (Å²) in [6.45, 7) is 1.44. The zero-order valence-electron chi connectivity index (χ0n) is 10.1. The molecule has 0 aromatic heterocycles. The van der Waals surface area contributed by atoms with Crippen LogP contribution >= 0.6 is 11.6 Å². The number of amides is 1. The molecule has 1 saturated heterocycles. The summed E-state index contributed by atoms with van der Waals surface area (Å²) in [5.74, 6) is -0.393. The first-order chi connectivity index (χ1) is 8.66. The quantitative estimate of drug-likeness (QED) is 0.853. The van der Waals surface area contributed by atoms with Crippen LogP contribution < -0.4 is 11.1 Å². The smallest absolute Gasteiger partial charge is 0.239 e. The van der Waals surface area contributed by atoms with E-state index in [1.54, 1.807) is 24.3 Å². The Morgan fingerprint density at radius 1 is 1.50 bits per heavy atom. The van der Waals surface area contributed by atoms with Gasteiger partial charge in [-0.25, -0.2) is 0 Å². The topological polar surface area (TPSA) is 64.4 Å². The molecule has 2 atom stereocenters. The number of halogens is 1. The van der Waals surface area contributed by atoms with Gasteiger partial charge in [-0.15, -0.1) is 0 Å². The predicted octanol–water partition coefficient (Wildman–Crippen LogP) is 1.64. The molecule has 98 valence electrons. The van der Waals surface area contributed by atoms with E-state index in [4.69, 9.17) is 22.1 Å². The summed E-state index contributed by atoms with van der Waals surface area (Å²) in [6.07, 6.45) is 2.28. The minimum atomic E-state index is -0.494. The van der Waals surface area contributed by atoms with E-state index in [0.29, 0.717) is 11.6 Å². The number of carbonyl (C=O) groups is 1. The maximum Gasteiger partial charge on any atom is 0.239 e. The van der Waals surface area contributed by atoms with Crippen LogP contribution in [0.2, 0.25) is 5.02 Å². The first-order valence-electron chi connectivity index (χ1n) is 6.06. The molecule has 2 rings (SSSR count). The fraction of sp³-hybridized carbons (Fsp3) is 0.462. The summed E-state index contributed by atoms with van der Waals surface area (Å²) in [6, 6.07) is 6.62. The molecule has 4 nitrogen and oxygen atoms in total. The van der Waals surface area contributed by atoms with Crippen LogP contribution in [0.15, 0.2) is 24.3 Å². The van der Waals surface area contributed by atoms with Crippen molar-refractivity contribution in [2.24, 2.45) is 5.73 Å². The lowest BCUT2D eigenvalue weighted by Gasteiger charge is -2.18. The highest BCUT2D eigenvalue weighted by Crippen LogP contribution is 2.17. The third kappa shape index (κ3) is 3.45. The molecule has 0 radical (unpaired) electrons. The number of hydrogen-bond donors (Lipinski definition) is 2. The molecule has 2 unspecified atom stereocenters. The maximum atomic E-state index is 11.5. The second kappa shape index (κ2) is 6.18. The minimum Gasteiger partial charge on any atom is -0.377 e. The number of nitrogens with two attached hydrogens (primary N) is 1. The van der Waals surface area contributed by atoms with Gasteiger partial charge in [0, 0.05) is 18.2 Å². The molecule has 0 aliphatic carbocycles. The normalized spacial score (nSPS) is 20.8. The van der Waals surface area contributed by atoms with Gasteiger partial charge in [0.15, 0.2) is 0 Å². The van der Waals surface area contributed by atoms with Crippen molar-refractivity contribution in [2.45, 2.75) is 25.0 Å². The molecule has 1 heterocycles. The largest absolute Gasteiger partial charge is 0.377 e. The molecule has 1 amide bonds. The van der Waals surface area contributed by atoms with Crippen LogP contribution in [-0.2, 0) is 9.53 Å². The average Bonchev–Trinajstić information content (AvgIpc) is 2.84. The highest BCUT2D eigenvalue weighted by Gasteiger charge is 2.21. The number of benzene rings is 1. The molecule has 1 aliphatic rings. The van der Waals surface area contributed by atoms with Crippen LogP contribution in [0.4, 0.5) is 0 Å². The van der Waals surface area contributed by atoms with E-state index in [2.05, 4.69) is 5.32 Å². The Balaban J connectivity index is 1.99. The van der Waals surface area contributed by atoms with Crippen molar-refractivity contribution < 1.29 is 9.53 Å². The highest BCUT2D eigenvalue weighted by atomic mass is 35.5. The van der Waals surface area contributed by atoms with Crippen molar-refractivity contribution in [3.05, 3.63) is 34.9 Å². The van der Waals surface area contributed by atoms with Gasteiger partial charge in [-0.2, -0.15) is 0 Å². The average molecular weight is 269 g/mol. The van der Waals surface area contributed by atoms with Crippen molar-refractivity contribution in [2.75, 3.05) is 13.2 Å². The van der Waals surface area contributed by atoms with Crippen LogP contribution in [0.25, 0.3) is 0 Å². The number of nitrogens with one attached hydrogen (secondary N) is 1. The number of primary amides is 1. The van der Waals surface area contributed by atoms with Gasteiger partial charge in [-0.05, 0) is 30.5 Å². The van der Waals surface area contributed by atoms with Crippen LogP contribution in [0.5, 0.6) is 0 Å². The maximum absolute atomic E-state index is 11.5. The van der Waals surface area contributed by atoms with Crippen LogP contribution in [0, 0.1) is 0 Å². The second-order valence-corrected chi connectivity index (χ2v) is 4.87. The first-order valence-corrected chi connectivity index (χ1v) is 6.44. The lowest BCUT2D eigenvalue weighted by molar-refractivity contribution is -0.120. The van der Waals surface area contributed by atoms with Gasteiger partial charge in [0.05, 0.1) is 6.10 Å². The number of carbonyl (C=O) groups excluding carboxylic acids is 1. The van der Waals surface area contributed by atoms with Gasteiger partial charge in [0.2, 0.25) is 5.91 Å². The van der Waals surface area contributed by atoms with Crippen LogP contribution in [0.3, 0.4) is 0 Å². The van der Waals surface area contributed by atoms with E-state index >= 15 is 0 Å². The molecule has 0 saturated carbocycles. The molecule has 1 fully saturated rings. The van der Waals surface area contributed by atoms with Crippen molar-refractivity contribution in [3.63, 3.8) is 0 Å². The van der Waals surface area contributed by atoms with E-state index in [1.807, 2.05) is 0 Å². The minimum absolute atomic E-state index is 0.180. The standard InChI is InChI=1S/C13H17ClN2O2/c14-10-5-3-9(4-6-10)12(13(15)17)16-8-11-2-1-7-18-11/h3-6,11-12,16H,1-2,7-8H2,(H2,15,17). The zero-order chi connectivity index (χ0) is 13.0. The monoisotopic (exact) mass is 268 g/mol. The van der Waals surface area contributed by atoms with Gasteiger partial charge in [-0.1, -0.05) is 23.7 Å². The molecule has 1 aromatic rings. The molecule has 18 heavy (non-hydrogen) atoms. The van der Waals surface area contributed by atoms with Crippen LogP contribution in [0.1, 0.15) is 24.4 Å². The second-order valence-electron chi connectivity index (χ2n) is 4.43. The third-order valence-corrected chi connectivity index (χ3v) is 3.31. The van der Waals surface area contributed by atoms with Crippen molar-refractivity contribution in [3.8, 4) is 0 Å². The van der Waals surface area contributed by atoms with Crippen molar-refractivity contribution in [1.29, 1.82) is 0 Å². The number of ether oxygens (including phenoxy) is 1. The molecule has 0 spiro atoms. The summed E-state index contributed by atoms with van der Waals surface area (Å²) in [5, 5.41) is 3.79. The number of rotatable bonds is 5. The van der Waals surface area contributed by atoms with E-state index < -0.39 is 11.9 Å². The molecular weight excluding hydrogens is 252 g/mol. The van der Waals surface area contributed by atoms with Gasteiger partial charge in [0.25, 0.3) is 0 Å². The lowest BCUT2D eigenvalue weighted by atomic mass is 10.1. The summed E-state index contributed by atoms with van der Waals surface area (Å²) < 4.78 is 5.50. The van der Waals surface area contributed by atoms with E-state index in [9.17, 15) is 4.79 Å². The summed E-state index contributed by atoms with van der Waals surface area (Å²) in [5.41, 5.74) is 6.24. The molecule has 1 aliphatic heterocycles. The Bertz CT molecular complexity index is 402. The van der Waals surface area contributed by atoms with Gasteiger partial charge in [-0.3, -0.25) is 10.1 Å². The first kappa shape index (κ1) is 13.3. The van der Waals surface area contributed by atoms with Crippen molar-refractivity contribution >= 4 is 17.5 Å². The summed E-state index contributed by atoms with van der Waals surface area (Å²) >= 11 is 5.82. The van der Waals surface area contributed by atoms with Crippen molar-refractivity contribution in [1.82, 2.24) is 5.32 Å². The SMILES string of the molecule is NC(=O)C(NCC1CCCO1)c1ccc(Cl)cc1. The van der Waals surface area contributed by atoms with Crippen LogP contribution in [-0.4, -0.2) is 25.2 Å². The van der Waals surface area contributed by atoms with Gasteiger partial charge >= 0.3 is 0 Å². The fourth-order valence-electron chi connectivity index (χ4n) is 2.09. The number of hydrogen-bond acceptors (Lipinski definition) is 3. The fourth-order valence-corrected chi connectivity index (χ4v) is 2.22. The molecule has 1 aromatic carbocycles. The Kier molecular flexibility index (Phi) is 4.58. The Labute approximate surface area is 111 Å². The Morgan fingerprint density at radius 3 is 2.78 bits per heavy atom. The summed E-state index contributed by atoms with van der Waals surface area (Å²) in [4.78, 5) is 11.5. The Hall–Kier alpha value is -1.10. The lowest BCUT2D eigenvalue weighted by Crippen LogP contribution is -2.37. The summed E-state index contributed by atoms with van der Waals surface area (Å²) in [7, 11) is 0. The predicted molar refractivity (Wildman–Crippen MR) is 70.4 cm³/mol. The van der Waals surface area contributed by atoms with Gasteiger partial charge < -0.3 is 10.5 Å². The zero-order valence-corrected chi connectivity index (χ0v) is 10.8. The van der Waals surface area contributed by atoms with E-state index in [-0.39, 0.29) is 6.10 Å². The van der Waals surface area contributed by atoms with Gasteiger partial charge in [0.1, 0.15) is 6.04 Å². The van der Waals surface area contributed by atoms with E-state index in [0.717, 1.165) is 25.0 Å². The molecular formula is C13H17ClN2O2. The molecule has 5 heteroatoms. The van der Waals surface area contributed by atoms with E-state index in [1.165, 1.54) is 0 Å². The third-order valence-electron chi connectivity index (χ3n) is 3.06. The Morgan fingerprint density at radius 2 is 2.22 bits per heavy atom.